The molecule has 0 atom stereocenters. The van der Waals surface area contributed by atoms with E-state index in [1.165, 1.54) is 0 Å². The summed E-state index contributed by atoms with van der Waals surface area (Å²) < 4.78 is 1.03. The van der Waals surface area contributed by atoms with Gasteiger partial charge in [-0.1, -0.05) is 46.3 Å². The number of carbonyl (C=O) groups is 1. The molecule has 0 saturated carbocycles. The molecule has 2 aromatic rings. The molecule has 2 aromatic carbocycles. The fourth-order valence-corrected chi connectivity index (χ4v) is 2.72. The molecule has 2 rings (SSSR count). The summed E-state index contributed by atoms with van der Waals surface area (Å²) in [6.07, 6.45) is 0. The summed E-state index contributed by atoms with van der Waals surface area (Å²) in [6, 6.07) is 15.8. The van der Waals surface area contributed by atoms with Crippen LogP contribution >= 0.6 is 15.9 Å². The maximum Gasteiger partial charge on any atom is 0.253 e. The minimum absolute atomic E-state index is 0.0869. The van der Waals surface area contributed by atoms with Crippen molar-refractivity contribution in [2.75, 3.05) is 13.1 Å². The van der Waals surface area contributed by atoms with E-state index in [4.69, 9.17) is 0 Å². The second-order valence-corrected chi connectivity index (χ2v) is 5.39. The standard InChI is InChI=1S/C17H18BrNO/c1-3-19(4-2)17(20)14-9-7-8-13(12-14)15-10-5-6-11-16(15)18/h5-12H,3-4H2,1-2H3. The van der Waals surface area contributed by atoms with Gasteiger partial charge in [-0.3, -0.25) is 4.79 Å². The number of carbonyl (C=O) groups excluding carboxylic acids is 1. The lowest BCUT2D eigenvalue weighted by atomic mass is 10.0. The third-order valence-corrected chi connectivity index (χ3v) is 4.04. The Morgan fingerprint density at radius 3 is 2.40 bits per heavy atom. The summed E-state index contributed by atoms with van der Waals surface area (Å²) in [5.41, 5.74) is 2.89. The Kier molecular flexibility index (Phi) is 4.96. The van der Waals surface area contributed by atoms with E-state index in [0.29, 0.717) is 0 Å². The minimum atomic E-state index is 0.0869. The molecule has 0 aromatic heterocycles. The van der Waals surface area contributed by atoms with Crippen LogP contribution < -0.4 is 0 Å². The van der Waals surface area contributed by atoms with Gasteiger partial charge in [0, 0.05) is 23.1 Å². The van der Waals surface area contributed by atoms with Crippen LogP contribution in [-0.2, 0) is 0 Å². The van der Waals surface area contributed by atoms with Crippen molar-refractivity contribution in [3.63, 3.8) is 0 Å². The van der Waals surface area contributed by atoms with Gasteiger partial charge >= 0.3 is 0 Å². The topological polar surface area (TPSA) is 20.3 Å². The van der Waals surface area contributed by atoms with Crippen molar-refractivity contribution >= 4 is 21.8 Å². The number of nitrogens with zero attached hydrogens (tertiary/aromatic N) is 1. The van der Waals surface area contributed by atoms with E-state index in [0.717, 1.165) is 34.3 Å². The first-order valence-electron chi connectivity index (χ1n) is 6.81. The highest BCUT2D eigenvalue weighted by Gasteiger charge is 2.13. The van der Waals surface area contributed by atoms with E-state index >= 15 is 0 Å². The van der Waals surface area contributed by atoms with Crippen molar-refractivity contribution in [2.45, 2.75) is 13.8 Å². The molecule has 20 heavy (non-hydrogen) atoms. The molecule has 104 valence electrons. The van der Waals surface area contributed by atoms with E-state index in [2.05, 4.69) is 15.9 Å². The number of amides is 1. The molecule has 0 aliphatic rings. The SMILES string of the molecule is CCN(CC)C(=O)c1cccc(-c2ccccc2Br)c1. The molecule has 2 nitrogen and oxygen atoms in total. The van der Waals surface area contributed by atoms with Gasteiger partial charge in [0.25, 0.3) is 5.91 Å². The highest BCUT2D eigenvalue weighted by molar-refractivity contribution is 9.10. The maximum absolute atomic E-state index is 12.4. The third kappa shape index (κ3) is 3.10. The van der Waals surface area contributed by atoms with Gasteiger partial charge in [-0.15, -0.1) is 0 Å². The van der Waals surface area contributed by atoms with Crippen LogP contribution in [0.2, 0.25) is 0 Å². The Morgan fingerprint density at radius 1 is 1.05 bits per heavy atom. The van der Waals surface area contributed by atoms with Crippen LogP contribution in [-0.4, -0.2) is 23.9 Å². The number of hydrogen-bond acceptors (Lipinski definition) is 1. The average molecular weight is 332 g/mol. The Morgan fingerprint density at radius 2 is 1.75 bits per heavy atom. The maximum atomic E-state index is 12.4. The molecule has 0 aliphatic heterocycles. The summed E-state index contributed by atoms with van der Waals surface area (Å²) in [5, 5.41) is 0. The highest BCUT2D eigenvalue weighted by atomic mass is 79.9. The number of rotatable bonds is 4. The largest absolute Gasteiger partial charge is 0.339 e. The van der Waals surface area contributed by atoms with Gasteiger partial charge in [-0.2, -0.15) is 0 Å². The molecule has 0 bridgehead atoms. The first-order valence-corrected chi connectivity index (χ1v) is 7.61. The molecule has 0 fully saturated rings. The van der Waals surface area contributed by atoms with Gasteiger partial charge in [-0.05, 0) is 43.2 Å². The molecule has 0 spiro atoms. The zero-order chi connectivity index (χ0) is 14.5. The Hall–Kier alpha value is -1.61. The molecule has 0 heterocycles. The second-order valence-electron chi connectivity index (χ2n) is 4.54. The van der Waals surface area contributed by atoms with E-state index in [1.54, 1.807) is 0 Å². The molecule has 1 amide bonds. The van der Waals surface area contributed by atoms with Crippen LogP contribution in [0.15, 0.2) is 53.0 Å². The molecule has 0 unspecified atom stereocenters. The Balaban J connectivity index is 2.38. The van der Waals surface area contributed by atoms with Gasteiger partial charge in [0.05, 0.1) is 0 Å². The van der Waals surface area contributed by atoms with Crippen molar-refractivity contribution < 1.29 is 4.79 Å². The summed E-state index contributed by atoms with van der Waals surface area (Å²) in [7, 11) is 0. The summed E-state index contributed by atoms with van der Waals surface area (Å²) >= 11 is 3.56. The zero-order valence-electron chi connectivity index (χ0n) is 11.8. The minimum Gasteiger partial charge on any atom is -0.339 e. The molecule has 0 aliphatic carbocycles. The predicted molar refractivity (Wildman–Crippen MR) is 86.8 cm³/mol. The highest BCUT2D eigenvalue weighted by Crippen LogP contribution is 2.28. The van der Waals surface area contributed by atoms with Crippen LogP contribution in [0.3, 0.4) is 0 Å². The Bertz CT molecular complexity index is 605. The van der Waals surface area contributed by atoms with Gasteiger partial charge in [0.1, 0.15) is 0 Å². The molecule has 0 radical (unpaired) electrons. The average Bonchev–Trinajstić information content (AvgIpc) is 2.49. The smallest absolute Gasteiger partial charge is 0.253 e. The summed E-state index contributed by atoms with van der Waals surface area (Å²) in [6.45, 7) is 5.46. The van der Waals surface area contributed by atoms with Crippen LogP contribution in [0, 0.1) is 0 Å². The van der Waals surface area contributed by atoms with Crippen molar-refractivity contribution in [3.8, 4) is 11.1 Å². The first-order chi connectivity index (χ1) is 9.67. The van der Waals surface area contributed by atoms with E-state index in [-0.39, 0.29) is 5.91 Å². The fourth-order valence-electron chi connectivity index (χ4n) is 2.21. The molecular formula is C17H18BrNO. The van der Waals surface area contributed by atoms with Gasteiger partial charge in [-0.25, -0.2) is 0 Å². The summed E-state index contributed by atoms with van der Waals surface area (Å²) in [4.78, 5) is 14.2. The molecule has 0 N–H and O–H groups in total. The van der Waals surface area contributed by atoms with Crippen molar-refractivity contribution in [2.24, 2.45) is 0 Å². The molecule has 3 heteroatoms. The monoisotopic (exact) mass is 331 g/mol. The van der Waals surface area contributed by atoms with Crippen molar-refractivity contribution in [1.29, 1.82) is 0 Å². The van der Waals surface area contributed by atoms with Gasteiger partial charge < -0.3 is 4.90 Å². The third-order valence-electron chi connectivity index (χ3n) is 3.35. The van der Waals surface area contributed by atoms with Crippen LogP contribution in [0.5, 0.6) is 0 Å². The zero-order valence-corrected chi connectivity index (χ0v) is 13.4. The van der Waals surface area contributed by atoms with Gasteiger partial charge in [0.15, 0.2) is 0 Å². The number of halogens is 1. The van der Waals surface area contributed by atoms with Gasteiger partial charge in [0.2, 0.25) is 0 Å². The quantitative estimate of drug-likeness (QED) is 0.801. The predicted octanol–water partition coefficient (Wildman–Crippen LogP) is 4.60. The number of benzene rings is 2. The lowest BCUT2D eigenvalue weighted by molar-refractivity contribution is 0.0773. The van der Waals surface area contributed by atoms with Crippen LogP contribution in [0.25, 0.3) is 11.1 Å². The van der Waals surface area contributed by atoms with Crippen LogP contribution in [0.4, 0.5) is 0 Å². The van der Waals surface area contributed by atoms with Crippen molar-refractivity contribution in [1.82, 2.24) is 4.90 Å². The first kappa shape index (κ1) is 14.8. The van der Waals surface area contributed by atoms with Crippen molar-refractivity contribution in [3.05, 3.63) is 58.6 Å². The van der Waals surface area contributed by atoms with E-state index < -0.39 is 0 Å². The summed E-state index contributed by atoms with van der Waals surface area (Å²) in [5.74, 6) is 0.0869. The lowest BCUT2D eigenvalue weighted by Gasteiger charge is -2.19. The normalized spacial score (nSPS) is 10.3. The van der Waals surface area contributed by atoms with Crippen LogP contribution in [0.1, 0.15) is 24.2 Å². The second kappa shape index (κ2) is 6.71. The molecular weight excluding hydrogens is 314 g/mol. The molecule has 0 saturated heterocycles. The fraction of sp³-hybridized carbons (Fsp3) is 0.235. The lowest BCUT2D eigenvalue weighted by Crippen LogP contribution is -2.30. The Labute approximate surface area is 128 Å². The number of hydrogen-bond donors (Lipinski definition) is 0. The van der Waals surface area contributed by atoms with E-state index in [9.17, 15) is 4.79 Å². The van der Waals surface area contributed by atoms with E-state index in [1.807, 2.05) is 67.3 Å².